The van der Waals surface area contributed by atoms with Gasteiger partial charge in [-0.25, -0.2) is 0 Å². The number of aliphatic hydroxyl groups excluding tert-OH is 1. The molecule has 0 bridgehead atoms. The Bertz CT molecular complexity index is 389. The predicted molar refractivity (Wildman–Crippen MR) is 76.3 cm³/mol. The highest BCUT2D eigenvalue weighted by atomic mass is 35.5. The summed E-state index contributed by atoms with van der Waals surface area (Å²) >= 11 is 6.13. The topological polar surface area (TPSA) is 26.7 Å². The maximum Gasteiger partial charge on any atom is 0.0696 e. The molecule has 0 amide bonds. The minimum Gasteiger partial charge on any atom is -0.392 e. The van der Waals surface area contributed by atoms with Crippen molar-refractivity contribution in [2.24, 2.45) is 0 Å². The second-order valence-electron chi connectivity index (χ2n) is 4.76. The van der Waals surface area contributed by atoms with E-state index in [4.69, 9.17) is 16.7 Å². The van der Waals surface area contributed by atoms with Crippen molar-refractivity contribution in [1.82, 2.24) is 4.90 Å². The fourth-order valence-corrected chi connectivity index (χ4v) is 2.64. The van der Waals surface area contributed by atoms with E-state index in [2.05, 4.69) is 16.7 Å². The molecule has 0 aromatic heterocycles. The van der Waals surface area contributed by atoms with Crippen molar-refractivity contribution in [2.75, 3.05) is 37.6 Å². The summed E-state index contributed by atoms with van der Waals surface area (Å²) in [5, 5.41) is 9.77. The largest absolute Gasteiger partial charge is 0.392 e. The fraction of sp³-hybridized carbons (Fsp3) is 0.571. The van der Waals surface area contributed by atoms with Crippen molar-refractivity contribution < 1.29 is 5.11 Å². The summed E-state index contributed by atoms with van der Waals surface area (Å²) in [6.07, 6.45) is 1.22. The van der Waals surface area contributed by atoms with E-state index in [9.17, 15) is 0 Å². The number of benzene rings is 1. The molecule has 1 saturated heterocycles. The molecule has 2 rings (SSSR count). The van der Waals surface area contributed by atoms with Gasteiger partial charge < -0.3 is 10.0 Å². The highest BCUT2D eigenvalue weighted by Crippen LogP contribution is 2.24. The minimum absolute atomic E-state index is 0.00336. The first-order chi connectivity index (χ1) is 8.74. The molecule has 0 atom stereocenters. The number of aliphatic hydroxyl groups is 1. The van der Waals surface area contributed by atoms with Crippen LogP contribution in [0.25, 0.3) is 0 Å². The van der Waals surface area contributed by atoms with Gasteiger partial charge in [0.25, 0.3) is 0 Å². The number of piperazine rings is 1. The van der Waals surface area contributed by atoms with Crippen LogP contribution >= 0.6 is 11.6 Å². The third-order valence-electron chi connectivity index (χ3n) is 3.48. The summed E-state index contributed by atoms with van der Waals surface area (Å²) in [5.74, 6) is 0. The van der Waals surface area contributed by atoms with E-state index < -0.39 is 0 Å². The molecular weight excluding hydrogens is 248 g/mol. The Morgan fingerprint density at radius 3 is 2.50 bits per heavy atom. The second-order valence-corrected chi connectivity index (χ2v) is 5.17. The number of hydrogen-bond donors (Lipinski definition) is 1. The SMILES string of the molecule is CCCN1CCN(c2ccc(CO)c(Cl)c2)CC1. The molecule has 18 heavy (non-hydrogen) atoms. The van der Waals surface area contributed by atoms with Crippen molar-refractivity contribution >= 4 is 17.3 Å². The van der Waals surface area contributed by atoms with Crippen LogP contribution in [-0.2, 0) is 6.61 Å². The quantitative estimate of drug-likeness (QED) is 0.908. The molecule has 1 aromatic rings. The van der Waals surface area contributed by atoms with Crippen LogP contribution in [0.4, 0.5) is 5.69 Å². The van der Waals surface area contributed by atoms with Gasteiger partial charge in [-0.15, -0.1) is 0 Å². The van der Waals surface area contributed by atoms with E-state index in [0.717, 1.165) is 37.4 Å². The first kappa shape index (κ1) is 13.7. The third kappa shape index (κ3) is 3.16. The average Bonchev–Trinajstić information content (AvgIpc) is 2.40. The zero-order valence-corrected chi connectivity index (χ0v) is 11.7. The number of anilines is 1. The average molecular weight is 269 g/mol. The van der Waals surface area contributed by atoms with E-state index in [-0.39, 0.29) is 6.61 Å². The van der Waals surface area contributed by atoms with Crippen LogP contribution in [0, 0.1) is 0 Å². The molecular formula is C14H21ClN2O. The smallest absolute Gasteiger partial charge is 0.0696 e. The minimum atomic E-state index is 0.00336. The van der Waals surface area contributed by atoms with Gasteiger partial charge in [0.2, 0.25) is 0 Å². The third-order valence-corrected chi connectivity index (χ3v) is 3.84. The van der Waals surface area contributed by atoms with Gasteiger partial charge in [0.05, 0.1) is 6.61 Å². The van der Waals surface area contributed by atoms with Crippen LogP contribution in [0.15, 0.2) is 18.2 Å². The van der Waals surface area contributed by atoms with Gasteiger partial charge in [-0.2, -0.15) is 0 Å². The van der Waals surface area contributed by atoms with Gasteiger partial charge in [0, 0.05) is 36.9 Å². The first-order valence-corrected chi connectivity index (χ1v) is 6.99. The molecule has 1 aromatic carbocycles. The van der Waals surface area contributed by atoms with Gasteiger partial charge in [-0.05, 0) is 30.7 Å². The van der Waals surface area contributed by atoms with Crippen molar-refractivity contribution in [3.63, 3.8) is 0 Å². The number of rotatable bonds is 4. The second kappa shape index (κ2) is 6.41. The Morgan fingerprint density at radius 2 is 1.94 bits per heavy atom. The van der Waals surface area contributed by atoms with Gasteiger partial charge in [-0.1, -0.05) is 24.6 Å². The van der Waals surface area contributed by atoms with Crippen molar-refractivity contribution in [2.45, 2.75) is 20.0 Å². The predicted octanol–water partition coefficient (Wildman–Crippen LogP) is 2.36. The Morgan fingerprint density at radius 1 is 1.22 bits per heavy atom. The number of hydrogen-bond acceptors (Lipinski definition) is 3. The van der Waals surface area contributed by atoms with Gasteiger partial charge in [0.15, 0.2) is 0 Å². The first-order valence-electron chi connectivity index (χ1n) is 6.61. The summed E-state index contributed by atoms with van der Waals surface area (Å²) in [4.78, 5) is 4.86. The normalized spacial score (nSPS) is 17.2. The number of halogens is 1. The summed E-state index contributed by atoms with van der Waals surface area (Å²) in [7, 11) is 0. The zero-order valence-electron chi connectivity index (χ0n) is 10.9. The molecule has 0 radical (unpaired) electrons. The summed E-state index contributed by atoms with van der Waals surface area (Å²) in [6.45, 7) is 7.76. The maximum atomic E-state index is 9.11. The number of nitrogens with zero attached hydrogens (tertiary/aromatic N) is 2. The van der Waals surface area contributed by atoms with Crippen molar-refractivity contribution in [1.29, 1.82) is 0 Å². The van der Waals surface area contributed by atoms with Gasteiger partial charge in [-0.3, -0.25) is 4.90 Å². The lowest BCUT2D eigenvalue weighted by Gasteiger charge is -2.36. The van der Waals surface area contributed by atoms with Crippen LogP contribution < -0.4 is 4.90 Å². The maximum absolute atomic E-state index is 9.11. The van der Waals surface area contributed by atoms with E-state index in [1.807, 2.05) is 18.2 Å². The molecule has 0 spiro atoms. The lowest BCUT2D eigenvalue weighted by atomic mass is 10.2. The molecule has 0 aliphatic carbocycles. The molecule has 100 valence electrons. The van der Waals surface area contributed by atoms with Gasteiger partial charge in [0.1, 0.15) is 0 Å². The van der Waals surface area contributed by atoms with E-state index in [1.165, 1.54) is 13.0 Å². The Labute approximate surface area is 114 Å². The van der Waals surface area contributed by atoms with Crippen molar-refractivity contribution in [3.8, 4) is 0 Å². The molecule has 1 heterocycles. The van der Waals surface area contributed by atoms with Crippen molar-refractivity contribution in [3.05, 3.63) is 28.8 Å². The molecule has 1 N–H and O–H groups in total. The van der Waals surface area contributed by atoms with Crippen LogP contribution in [0.2, 0.25) is 5.02 Å². The van der Waals surface area contributed by atoms with Crippen LogP contribution in [-0.4, -0.2) is 42.7 Å². The molecule has 3 nitrogen and oxygen atoms in total. The van der Waals surface area contributed by atoms with E-state index in [0.29, 0.717) is 5.02 Å². The molecule has 4 heteroatoms. The Kier molecular flexibility index (Phi) is 4.87. The van der Waals surface area contributed by atoms with E-state index in [1.54, 1.807) is 0 Å². The highest BCUT2D eigenvalue weighted by molar-refractivity contribution is 6.31. The summed E-state index contributed by atoms with van der Waals surface area (Å²) < 4.78 is 0. The summed E-state index contributed by atoms with van der Waals surface area (Å²) in [6, 6.07) is 5.92. The molecule has 1 fully saturated rings. The summed E-state index contributed by atoms with van der Waals surface area (Å²) in [5.41, 5.74) is 1.96. The van der Waals surface area contributed by atoms with Gasteiger partial charge >= 0.3 is 0 Å². The molecule has 1 aliphatic heterocycles. The lowest BCUT2D eigenvalue weighted by Crippen LogP contribution is -2.46. The lowest BCUT2D eigenvalue weighted by molar-refractivity contribution is 0.258. The molecule has 0 unspecified atom stereocenters. The standard InChI is InChI=1S/C14H21ClN2O/c1-2-5-16-6-8-17(9-7-16)13-4-3-12(11-18)14(15)10-13/h3-4,10,18H,2,5-9,11H2,1H3. The van der Waals surface area contributed by atoms with Crippen LogP contribution in [0.5, 0.6) is 0 Å². The Balaban J connectivity index is 1.99. The fourth-order valence-electron chi connectivity index (χ4n) is 2.41. The van der Waals surface area contributed by atoms with Crippen LogP contribution in [0.3, 0.4) is 0 Å². The van der Waals surface area contributed by atoms with Crippen LogP contribution in [0.1, 0.15) is 18.9 Å². The zero-order chi connectivity index (χ0) is 13.0. The monoisotopic (exact) mass is 268 g/mol. The molecule has 1 aliphatic rings. The molecule has 0 saturated carbocycles. The van der Waals surface area contributed by atoms with E-state index >= 15 is 0 Å². The highest BCUT2D eigenvalue weighted by Gasteiger charge is 2.16. The Hall–Kier alpha value is -0.770.